The van der Waals surface area contributed by atoms with Gasteiger partial charge in [-0.05, 0) is 35.7 Å². The molecule has 2 aromatic heterocycles. The van der Waals surface area contributed by atoms with E-state index in [2.05, 4.69) is 42.8 Å². The molecule has 4 rings (SSSR count). The van der Waals surface area contributed by atoms with Crippen LogP contribution in [0.25, 0.3) is 0 Å². The third-order valence-electron chi connectivity index (χ3n) is 5.42. The Morgan fingerprint density at radius 2 is 1.82 bits per heavy atom. The fourth-order valence-electron chi connectivity index (χ4n) is 3.53. The number of carbonyl (C=O) groups excluding carboxylic acids is 1. The first-order valence-electron chi connectivity index (χ1n) is 10.8. The summed E-state index contributed by atoms with van der Waals surface area (Å²) in [5.74, 6) is 1.09. The van der Waals surface area contributed by atoms with Crippen molar-refractivity contribution in [3.05, 3.63) is 101 Å². The average Bonchev–Trinajstić information content (AvgIpc) is 3.42. The van der Waals surface area contributed by atoms with E-state index in [1.54, 1.807) is 0 Å². The number of rotatable bonds is 10. The fraction of sp³-hybridized carbons (Fsp3) is 0.240. The van der Waals surface area contributed by atoms with Gasteiger partial charge in [-0.1, -0.05) is 71.9 Å². The van der Waals surface area contributed by atoms with Gasteiger partial charge in [0, 0.05) is 43.5 Å². The highest BCUT2D eigenvalue weighted by molar-refractivity contribution is 7.99. The average molecular weight is 480 g/mol. The van der Waals surface area contributed by atoms with Gasteiger partial charge < -0.3 is 14.5 Å². The van der Waals surface area contributed by atoms with Gasteiger partial charge in [-0.15, -0.1) is 10.2 Å². The second-order valence-electron chi connectivity index (χ2n) is 7.73. The minimum atomic E-state index is -0.0680. The van der Waals surface area contributed by atoms with E-state index in [1.165, 1.54) is 17.3 Å². The van der Waals surface area contributed by atoms with Gasteiger partial charge in [0.25, 0.3) is 0 Å². The molecule has 33 heavy (non-hydrogen) atoms. The topological polar surface area (TPSA) is 64.7 Å². The molecule has 0 aliphatic carbocycles. The van der Waals surface area contributed by atoms with Crippen LogP contribution in [-0.2, 0) is 37.8 Å². The van der Waals surface area contributed by atoms with Crippen molar-refractivity contribution in [2.24, 2.45) is 7.05 Å². The number of hydrogen-bond acceptors (Lipinski definition) is 4. The van der Waals surface area contributed by atoms with E-state index in [0.717, 1.165) is 35.2 Å². The van der Waals surface area contributed by atoms with Crippen molar-refractivity contribution in [1.29, 1.82) is 0 Å². The largest absolute Gasteiger partial charge is 0.354 e. The van der Waals surface area contributed by atoms with Crippen LogP contribution in [0.4, 0.5) is 0 Å². The van der Waals surface area contributed by atoms with Crippen molar-refractivity contribution in [3.8, 4) is 0 Å². The smallest absolute Gasteiger partial charge is 0.230 e. The van der Waals surface area contributed by atoms with E-state index in [1.807, 2.05) is 61.8 Å². The molecule has 170 valence electrons. The van der Waals surface area contributed by atoms with Crippen LogP contribution in [0.3, 0.4) is 0 Å². The summed E-state index contributed by atoms with van der Waals surface area (Å²) in [6.07, 6.45) is 3.58. The molecule has 0 saturated heterocycles. The van der Waals surface area contributed by atoms with Gasteiger partial charge in [-0.3, -0.25) is 4.79 Å². The van der Waals surface area contributed by atoms with Gasteiger partial charge in [-0.25, -0.2) is 0 Å². The summed E-state index contributed by atoms with van der Waals surface area (Å²) < 4.78 is 4.22. The molecule has 0 saturated carbocycles. The predicted octanol–water partition coefficient (Wildman–Crippen LogP) is 4.51. The molecule has 0 fully saturated rings. The maximum absolute atomic E-state index is 12.5. The molecule has 0 aliphatic rings. The Labute approximate surface area is 203 Å². The van der Waals surface area contributed by atoms with Gasteiger partial charge in [0.05, 0.1) is 5.75 Å². The molecule has 0 atom stereocenters. The molecule has 6 nitrogen and oxygen atoms in total. The predicted molar refractivity (Wildman–Crippen MR) is 132 cm³/mol. The number of halogens is 1. The van der Waals surface area contributed by atoms with Gasteiger partial charge in [0.2, 0.25) is 5.91 Å². The second-order valence-corrected chi connectivity index (χ2v) is 9.08. The molecule has 0 bridgehead atoms. The quantitative estimate of drug-likeness (QED) is 0.340. The van der Waals surface area contributed by atoms with Crippen LogP contribution in [0.15, 0.2) is 78.1 Å². The first-order chi connectivity index (χ1) is 16.1. The molecular weight excluding hydrogens is 454 g/mol. The third-order valence-corrected chi connectivity index (χ3v) is 6.75. The lowest BCUT2D eigenvalue weighted by molar-refractivity contribution is -0.118. The summed E-state index contributed by atoms with van der Waals surface area (Å²) in [6, 6.07) is 22.0. The number of benzene rings is 2. The maximum Gasteiger partial charge on any atom is 0.230 e. The molecule has 8 heteroatoms. The molecule has 2 aromatic carbocycles. The molecule has 2 heterocycles. The molecule has 0 spiro atoms. The molecule has 0 radical (unpaired) electrons. The Bertz CT molecular complexity index is 1200. The van der Waals surface area contributed by atoms with E-state index < -0.39 is 0 Å². The van der Waals surface area contributed by atoms with E-state index in [4.69, 9.17) is 11.6 Å². The van der Waals surface area contributed by atoms with E-state index >= 15 is 0 Å². The molecule has 0 unspecified atom stereocenters. The van der Waals surface area contributed by atoms with Crippen molar-refractivity contribution in [1.82, 2.24) is 24.6 Å². The highest BCUT2D eigenvalue weighted by Gasteiger charge is 2.16. The summed E-state index contributed by atoms with van der Waals surface area (Å²) in [5.41, 5.74) is 3.32. The number of amides is 1. The van der Waals surface area contributed by atoms with Crippen LogP contribution >= 0.6 is 23.4 Å². The summed E-state index contributed by atoms with van der Waals surface area (Å²) in [5, 5.41) is 13.2. The summed E-state index contributed by atoms with van der Waals surface area (Å²) in [7, 11) is 2.03. The van der Waals surface area contributed by atoms with Crippen molar-refractivity contribution in [2.75, 3.05) is 5.75 Å². The van der Waals surface area contributed by atoms with E-state index in [-0.39, 0.29) is 11.7 Å². The Morgan fingerprint density at radius 1 is 1.03 bits per heavy atom. The number of hydrogen-bond donors (Lipinski definition) is 1. The highest BCUT2D eigenvalue weighted by atomic mass is 35.5. The van der Waals surface area contributed by atoms with Crippen LogP contribution in [0.2, 0.25) is 5.02 Å². The maximum atomic E-state index is 12.5. The first kappa shape index (κ1) is 23.1. The van der Waals surface area contributed by atoms with Crippen molar-refractivity contribution in [2.45, 2.75) is 31.1 Å². The van der Waals surface area contributed by atoms with Crippen LogP contribution in [0, 0.1) is 0 Å². The second kappa shape index (κ2) is 11.2. The normalized spacial score (nSPS) is 11.0. The lowest BCUT2D eigenvalue weighted by Gasteiger charge is -2.11. The van der Waals surface area contributed by atoms with Crippen molar-refractivity contribution in [3.63, 3.8) is 0 Å². The Morgan fingerprint density at radius 3 is 2.58 bits per heavy atom. The zero-order valence-electron chi connectivity index (χ0n) is 18.4. The summed E-state index contributed by atoms with van der Waals surface area (Å²) >= 11 is 7.58. The Balaban J connectivity index is 1.42. The first-order valence-corrected chi connectivity index (χ1v) is 12.2. The van der Waals surface area contributed by atoms with Gasteiger partial charge in [0.1, 0.15) is 5.82 Å². The Hall–Kier alpha value is -3.03. The standard InChI is InChI=1S/C25H26ClN5OS/c1-30-14-7-11-21(30)16-23-28-29-25(31(23)15-13-19-8-3-2-4-9-19)33-18-24(32)27-17-20-10-5-6-12-22(20)26/h2-12,14H,13,15-18H2,1H3,(H,27,32). The van der Waals surface area contributed by atoms with Gasteiger partial charge in [-0.2, -0.15) is 0 Å². The minimum absolute atomic E-state index is 0.0680. The zero-order valence-corrected chi connectivity index (χ0v) is 20.0. The number of nitrogens with one attached hydrogen (secondary N) is 1. The zero-order chi connectivity index (χ0) is 23.0. The summed E-state index contributed by atoms with van der Waals surface area (Å²) in [4.78, 5) is 12.5. The highest BCUT2D eigenvalue weighted by Crippen LogP contribution is 2.20. The number of nitrogens with zero attached hydrogens (tertiary/aromatic N) is 4. The number of carbonyl (C=O) groups is 1. The fourth-order valence-corrected chi connectivity index (χ4v) is 4.54. The van der Waals surface area contributed by atoms with Crippen LogP contribution in [0.1, 0.15) is 22.6 Å². The van der Waals surface area contributed by atoms with Gasteiger partial charge >= 0.3 is 0 Å². The molecular formula is C25H26ClN5OS. The third kappa shape index (κ3) is 6.27. The van der Waals surface area contributed by atoms with Crippen LogP contribution < -0.4 is 5.32 Å². The monoisotopic (exact) mass is 479 g/mol. The van der Waals surface area contributed by atoms with E-state index in [9.17, 15) is 4.79 Å². The summed E-state index contributed by atoms with van der Waals surface area (Å²) in [6.45, 7) is 1.15. The minimum Gasteiger partial charge on any atom is -0.354 e. The molecule has 1 amide bonds. The SMILES string of the molecule is Cn1cccc1Cc1nnc(SCC(=O)NCc2ccccc2Cl)n1CCc1ccccc1. The lowest BCUT2D eigenvalue weighted by atomic mass is 10.1. The number of aryl methyl sites for hydroxylation is 2. The lowest BCUT2D eigenvalue weighted by Crippen LogP contribution is -2.25. The van der Waals surface area contributed by atoms with Crippen molar-refractivity contribution >= 4 is 29.3 Å². The van der Waals surface area contributed by atoms with Crippen molar-refractivity contribution < 1.29 is 4.79 Å². The molecule has 0 aliphatic heterocycles. The van der Waals surface area contributed by atoms with E-state index in [0.29, 0.717) is 18.0 Å². The molecule has 4 aromatic rings. The van der Waals surface area contributed by atoms with Crippen LogP contribution in [-0.4, -0.2) is 31.0 Å². The Kier molecular flexibility index (Phi) is 7.86. The van der Waals surface area contributed by atoms with Crippen LogP contribution in [0.5, 0.6) is 0 Å². The number of thioether (sulfide) groups is 1. The van der Waals surface area contributed by atoms with Gasteiger partial charge in [0.15, 0.2) is 5.16 Å². The number of aromatic nitrogens is 4. The molecule has 1 N–H and O–H groups in total.